The minimum absolute atomic E-state index is 0.0537. The first-order chi connectivity index (χ1) is 16.7. The van der Waals surface area contributed by atoms with Crippen molar-refractivity contribution in [2.45, 2.75) is 63.9 Å². The highest BCUT2D eigenvalue weighted by Crippen LogP contribution is 2.30. The van der Waals surface area contributed by atoms with Crippen LogP contribution in [0.15, 0.2) is 18.2 Å². The number of aliphatic hydroxyl groups excluding tert-OH is 3. The SMILES string of the molecule is C#CCn1nc(O[C@@H]2O[C@H](COC(=O)OC)[C@@H](O)[C@H](O)[C@H]2O)c(Cc2ccc(CC)c(F)c2)c1C. The van der Waals surface area contributed by atoms with Crippen LogP contribution in [0.5, 0.6) is 5.88 Å². The molecule has 0 spiro atoms. The van der Waals surface area contributed by atoms with Crippen LogP contribution >= 0.6 is 0 Å². The molecule has 0 aliphatic carbocycles. The lowest BCUT2D eigenvalue weighted by Crippen LogP contribution is -2.60. The van der Waals surface area contributed by atoms with Crippen LogP contribution in [0.25, 0.3) is 0 Å². The van der Waals surface area contributed by atoms with Gasteiger partial charge in [0.05, 0.1) is 7.11 Å². The third-order valence-corrected chi connectivity index (χ3v) is 5.84. The Hall–Kier alpha value is -3.17. The molecule has 35 heavy (non-hydrogen) atoms. The quantitative estimate of drug-likeness (QED) is 0.366. The summed E-state index contributed by atoms with van der Waals surface area (Å²) < 4.78 is 36.5. The highest BCUT2D eigenvalue weighted by molar-refractivity contribution is 5.59. The van der Waals surface area contributed by atoms with E-state index in [1.165, 1.54) is 10.7 Å². The average molecular weight is 493 g/mol. The molecule has 11 heteroatoms. The molecule has 10 nitrogen and oxygen atoms in total. The van der Waals surface area contributed by atoms with Crippen molar-refractivity contribution >= 4 is 6.16 Å². The Bertz CT molecular complexity index is 1080. The summed E-state index contributed by atoms with van der Waals surface area (Å²) >= 11 is 0. The van der Waals surface area contributed by atoms with E-state index >= 15 is 0 Å². The summed E-state index contributed by atoms with van der Waals surface area (Å²) in [6, 6.07) is 4.95. The van der Waals surface area contributed by atoms with E-state index in [2.05, 4.69) is 15.8 Å². The van der Waals surface area contributed by atoms with Gasteiger partial charge in [-0.05, 0) is 30.5 Å². The molecule has 1 aliphatic heterocycles. The summed E-state index contributed by atoms with van der Waals surface area (Å²) in [5.74, 6) is 2.22. The molecule has 1 aromatic carbocycles. The molecule has 2 aromatic rings. The highest BCUT2D eigenvalue weighted by Gasteiger charge is 2.46. The zero-order valence-corrected chi connectivity index (χ0v) is 19.7. The molecule has 1 aromatic heterocycles. The van der Waals surface area contributed by atoms with Crippen molar-refractivity contribution in [3.63, 3.8) is 0 Å². The van der Waals surface area contributed by atoms with Gasteiger partial charge in [0.25, 0.3) is 0 Å². The summed E-state index contributed by atoms with van der Waals surface area (Å²) in [4.78, 5) is 11.3. The van der Waals surface area contributed by atoms with Crippen molar-refractivity contribution in [2.75, 3.05) is 13.7 Å². The van der Waals surface area contributed by atoms with E-state index in [-0.39, 0.29) is 24.7 Å². The van der Waals surface area contributed by atoms with E-state index in [0.29, 0.717) is 28.8 Å². The van der Waals surface area contributed by atoms with Gasteiger partial charge < -0.3 is 34.3 Å². The molecule has 5 atom stereocenters. The number of benzene rings is 1. The van der Waals surface area contributed by atoms with Crippen molar-refractivity contribution < 1.29 is 43.5 Å². The van der Waals surface area contributed by atoms with E-state index in [9.17, 15) is 24.5 Å². The second-order valence-corrected chi connectivity index (χ2v) is 8.08. The van der Waals surface area contributed by atoms with E-state index in [1.54, 1.807) is 19.1 Å². The van der Waals surface area contributed by atoms with Crippen LogP contribution in [0.4, 0.5) is 9.18 Å². The summed E-state index contributed by atoms with van der Waals surface area (Å²) in [6.45, 7) is 3.31. The lowest BCUT2D eigenvalue weighted by Gasteiger charge is -2.39. The fourth-order valence-electron chi connectivity index (χ4n) is 3.76. The summed E-state index contributed by atoms with van der Waals surface area (Å²) in [7, 11) is 1.11. The number of terminal acetylenes is 1. The molecule has 3 rings (SSSR count). The number of aryl methyl sites for hydroxylation is 1. The molecule has 0 saturated carbocycles. The molecule has 3 N–H and O–H groups in total. The molecular formula is C24H29FN2O8. The van der Waals surface area contributed by atoms with Gasteiger partial charge in [-0.2, -0.15) is 0 Å². The molecular weight excluding hydrogens is 463 g/mol. The Morgan fingerprint density at radius 2 is 2.03 bits per heavy atom. The van der Waals surface area contributed by atoms with E-state index in [0.717, 1.165) is 7.11 Å². The lowest BCUT2D eigenvalue weighted by molar-refractivity contribution is -0.278. The molecule has 1 fully saturated rings. The first kappa shape index (κ1) is 26.4. The maximum Gasteiger partial charge on any atom is 0.508 e. The summed E-state index contributed by atoms with van der Waals surface area (Å²) in [5.41, 5.74) is 2.49. The van der Waals surface area contributed by atoms with Crippen molar-refractivity contribution in [1.29, 1.82) is 0 Å². The molecule has 190 valence electrons. The molecule has 1 aliphatic rings. The van der Waals surface area contributed by atoms with Crippen LogP contribution in [-0.2, 0) is 33.6 Å². The fourth-order valence-corrected chi connectivity index (χ4v) is 3.76. The first-order valence-electron chi connectivity index (χ1n) is 11.0. The van der Waals surface area contributed by atoms with Gasteiger partial charge >= 0.3 is 6.16 Å². The minimum Gasteiger partial charge on any atom is -0.443 e. The zero-order chi connectivity index (χ0) is 25.7. The van der Waals surface area contributed by atoms with Crippen LogP contribution < -0.4 is 4.74 Å². The Morgan fingerprint density at radius 3 is 2.66 bits per heavy atom. The van der Waals surface area contributed by atoms with Gasteiger partial charge in [0.1, 0.15) is 43.4 Å². The number of aliphatic hydroxyl groups is 3. The van der Waals surface area contributed by atoms with Gasteiger partial charge in [-0.3, -0.25) is 4.68 Å². The Balaban J connectivity index is 1.87. The van der Waals surface area contributed by atoms with Gasteiger partial charge in [-0.25, -0.2) is 9.18 Å². The van der Waals surface area contributed by atoms with Gasteiger partial charge in [0, 0.05) is 17.7 Å². The second-order valence-electron chi connectivity index (χ2n) is 8.08. The first-order valence-corrected chi connectivity index (χ1v) is 11.0. The largest absolute Gasteiger partial charge is 0.508 e. The standard InChI is InChI=1S/C24H29FN2O8/c1-5-9-27-13(3)16(10-14-7-8-15(6-2)17(25)11-14)22(26-27)35-23-21(30)20(29)19(28)18(34-23)12-33-24(31)32-4/h1,7-8,11,18-21,23,28-30H,6,9-10,12H2,2-4H3/t18-,19-,20+,21-,23+/m1/s1. The average Bonchev–Trinajstić information content (AvgIpc) is 3.12. The Morgan fingerprint density at radius 1 is 1.29 bits per heavy atom. The minimum atomic E-state index is -1.66. The fraction of sp³-hybridized carbons (Fsp3) is 0.500. The van der Waals surface area contributed by atoms with Gasteiger partial charge in [-0.1, -0.05) is 25.0 Å². The smallest absolute Gasteiger partial charge is 0.443 e. The third kappa shape index (κ3) is 5.91. The highest BCUT2D eigenvalue weighted by atomic mass is 19.1. The zero-order valence-electron chi connectivity index (χ0n) is 19.7. The van der Waals surface area contributed by atoms with Crippen molar-refractivity contribution in [2.24, 2.45) is 0 Å². The number of aromatic nitrogens is 2. The number of ether oxygens (including phenoxy) is 4. The molecule has 2 heterocycles. The Labute approximate surface area is 202 Å². The van der Waals surface area contributed by atoms with Crippen molar-refractivity contribution in [3.8, 4) is 18.2 Å². The van der Waals surface area contributed by atoms with E-state index < -0.39 is 43.5 Å². The molecule has 0 radical (unpaired) electrons. The van der Waals surface area contributed by atoms with Crippen molar-refractivity contribution in [3.05, 3.63) is 46.4 Å². The molecule has 0 amide bonds. The van der Waals surface area contributed by atoms with Gasteiger partial charge in [-0.15, -0.1) is 11.5 Å². The molecule has 0 bridgehead atoms. The number of halogens is 1. The third-order valence-electron chi connectivity index (χ3n) is 5.84. The normalized spacial score (nSPS) is 24.0. The molecule has 0 unspecified atom stereocenters. The predicted molar refractivity (Wildman–Crippen MR) is 120 cm³/mol. The van der Waals surface area contributed by atoms with Crippen LogP contribution in [-0.4, -0.2) is 75.7 Å². The maximum atomic E-state index is 14.4. The summed E-state index contributed by atoms with van der Waals surface area (Å²) in [5, 5.41) is 35.3. The molecule has 1 saturated heterocycles. The van der Waals surface area contributed by atoms with Crippen LogP contribution in [0.1, 0.15) is 29.3 Å². The van der Waals surface area contributed by atoms with Crippen LogP contribution in [0.2, 0.25) is 0 Å². The van der Waals surface area contributed by atoms with Gasteiger partial charge in [0.2, 0.25) is 12.2 Å². The second kappa shape index (κ2) is 11.5. The predicted octanol–water partition coefficient (Wildman–Crippen LogP) is 1.09. The topological polar surface area (TPSA) is 132 Å². The monoisotopic (exact) mass is 492 g/mol. The maximum absolute atomic E-state index is 14.4. The Kier molecular flexibility index (Phi) is 8.69. The number of carbonyl (C=O) groups is 1. The number of rotatable bonds is 8. The van der Waals surface area contributed by atoms with Crippen LogP contribution in [0, 0.1) is 25.1 Å². The van der Waals surface area contributed by atoms with E-state index in [1.807, 2.05) is 6.92 Å². The van der Waals surface area contributed by atoms with Crippen LogP contribution in [0.3, 0.4) is 0 Å². The number of carbonyl (C=O) groups excluding carboxylic acids is 1. The number of hydrogen-bond acceptors (Lipinski definition) is 9. The van der Waals surface area contributed by atoms with Crippen molar-refractivity contribution in [1.82, 2.24) is 9.78 Å². The summed E-state index contributed by atoms with van der Waals surface area (Å²) in [6.07, 6.45) is -2.31. The van der Waals surface area contributed by atoms with E-state index in [4.69, 9.17) is 20.6 Å². The number of methoxy groups -OCH3 is 1. The number of hydrogen-bond donors (Lipinski definition) is 3. The lowest BCUT2D eigenvalue weighted by atomic mass is 9.99. The van der Waals surface area contributed by atoms with Gasteiger partial charge in [0.15, 0.2) is 0 Å². The number of nitrogens with zero attached hydrogens (tertiary/aromatic N) is 2.